The minimum atomic E-state index is -4.48. The number of carbonyl (C=O) groups is 1. The monoisotopic (exact) mass is 349 g/mol. The number of hydrogen-bond donors (Lipinski definition) is 0. The lowest BCUT2D eigenvalue weighted by Crippen LogP contribution is -2.09. The Bertz CT molecular complexity index is 826. The number of hydrogen-bond acceptors (Lipinski definition) is 3. The van der Waals surface area contributed by atoms with Crippen molar-refractivity contribution in [2.75, 3.05) is 0 Å². The van der Waals surface area contributed by atoms with E-state index >= 15 is 0 Å². The zero-order valence-corrected chi connectivity index (χ0v) is 13.9. The Morgan fingerprint density at radius 1 is 1.16 bits per heavy atom. The van der Waals surface area contributed by atoms with Crippen molar-refractivity contribution >= 4 is 5.78 Å². The number of Topliss-reactive ketones (excluding diaryl/α,β-unsaturated/α-hetero) is 1. The molecule has 4 nitrogen and oxygen atoms in total. The maximum atomic E-state index is 12.9. The molecule has 2 atom stereocenters. The summed E-state index contributed by atoms with van der Waals surface area (Å²) in [7, 11) is 0. The second kappa shape index (κ2) is 5.41. The molecule has 2 fully saturated rings. The van der Waals surface area contributed by atoms with Crippen molar-refractivity contribution in [2.45, 2.75) is 44.8 Å². The van der Waals surface area contributed by atoms with Crippen LogP contribution >= 0.6 is 0 Å². The number of fused-ring (bicyclic) bond motifs is 1. The van der Waals surface area contributed by atoms with Gasteiger partial charge in [0.25, 0.3) is 0 Å². The van der Waals surface area contributed by atoms with Gasteiger partial charge in [-0.05, 0) is 43.9 Å². The lowest BCUT2D eigenvalue weighted by molar-refractivity contribution is -0.141. The van der Waals surface area contributed by atoms with Crippen LogP contribution in [0.4, 0.5) is 13.2 Å². The van der Waals surface area contributed by atoms with Gasteiger partial charge >= 0.3 is 6.18 Å². The fourth-order valence-corrected chi connectivity index (χ4v) is 3.98. The van der Waals surface area contributed by atoms with Gasteiger partial charge in [-0.1, -0.05) is 6.07 Å². The highest BCUT2D eigenvalue weighted by atomic mass is 19.4. The van der Waals surface area contributed by atoms with Gasteiger partial charge < -0.3 is 0 Å². The van der Waals surface area contributed by atoms with E-state index in [-0.39, 0.29) is 17.7 Å². The van der Waals surface area contributed by atoms with E-state index in [1.165, 1.54) is 6.07 Å². The van der Waals surface area contributed by atoms with Crippen molar-refractivity contribution in [1.29, 1.82) is 0 Å². The molecule has 0 bridgehead atoms. The Hall–Kier alpha value is -2.18. The third-order valence-electron chi connectivity index (χ3n) is 5.16. The maximum absolute atomic E-state index is 12.9. The first-order valence-electron chi connectivity index (χ1n) is 8.41. The van der Waals surface area contributed by atoms with E-state index in [1.54, 1.807) is 6.07 Å². The summed E-state index contributed by atoms with van der Waals surface area (Å²) >= 11 is 0. The highest BCUT2D eigenvalue weighted by molar-refractivity contribution is 5.83. The maximum Gasteiger partial charge on any atom is 0.433 e. The summed E-state index contributed by atoms with van der Waals surface area (Å²) < 4.78 is 40.6. The highest BCUT2D eigenvalue weighted by Gasteiger charge is 2.57. The van der Waals surface area contributed by atoms with Gasteiger partial charge in [-0.25, -0.2) is 4.98 Å². The smallest absolute Gasteiger partial charge is 0.300 e. The zero-order chi connectivity index (χ0) is 17.9. The van der Waals surface area contributed by atoms with Crippen molar-refractivity contribution in [3.63, 3.8) is 0 Å². The molecule has 0 aromatic carbocycles. The van der Waals surface area contributed by atoms with Crippen LogP contribution in [0.15, 0.2) is 24.3 Å². The molecule has 2 aromatic heterocycles. The molecule has 0 radical (unpaired) electrons. The predicted octanol–water partition coefficient (Wildman–Crippen LogP) is 4.24. The largest absolute Gasteiger partial charge is 0.433 e. The first kappa shape index (κ1) is 16.3. The number of carbonyl (C=O) groups excluding carboxylic acids is 1. The SMILES string of the molecule is CC(C)n1nc(-c2cccc(C(F)(F)F)n2)cc1C1C2CC(=O)CC21. The normalized spacial score (nSPS) is 25.5. The van der Waals surface area contributed by atoms with Crippen LogP contribution in [0.2, 0.25) is 0 Å². The van der Waals surface area contributed by atoms with Crippen LogP contribution in [0.5, 0.6) is 0 Å². The van der Waals surface area contributed by atoms with Crippen LogP contribution in [0.3, 0.4) is 0 Å². The van der Waals surface area contributed by atoms with Gasteiger partial charge in [0.1, 0.15) is 17.2 Å². The Labute approximate surface area is 143 Å². The molecule has 2 aliphatic rings. The van der Waals surface area contributed by atoms with E-state index in [0.717, 1.165) is 11.8 Å². The lowest BCUT2D eigenvalue weighted by Gasteiger charge is -2.11. The predicted molar refractivity (Wildman–Crippen MR) is 84.8 cm³/mol. The van der Waals surface area contributed by atoms with Gasteiger partial charge in [-0.2, -0.15) is 18.3 Å². The summed E-state index contributed by atoms with van der Waals surface area (Å²) in [6.45, 7) is 3.98. The summed E-state index contributed by atoms with van der Waals surface area (Å²) in [4.78, 5) is 15.2. The Kier molecular flexibility index (Phi) is 3.53. The third-order valence-corrected chi connectivity index (χ3v) is 5.16. The molecular formula is C18H18F3N3O. The van der Waals surface area contributed by atoms with Crippen LogP contribution < -0.4 is 0 Å². The Balaban J connectivity index is 1.70. The van der Waals surface area contributed by atoms with Gasteiger partial charge in [0.15, 0.2) is 0 Å². The molecule has 0 saturated heterocycles. The molecule has 0 amide bonds. The number of alkyl halides is 3. The molecule has 132 valence electrons. The van der Waals surface area contributed by atoms with Gasteiger partial charge in [-0.3, -0.25) is 9.48 Å². The second-order valence-electron chi connectivity index (χ2n) is 7.20. The van der Waals surface area contributed by atoms with E-state index < -0.39 is 11.9 Å². The number of rotatable bonds is 3. The van der Waals surface area contributed by atoms with Crippen LogP contribution in [-0.2, 0) is 11.0 Å². The van der Waals surface area contributed by atoms with E-state index in [2.05, 4.69) is 10.1 Å². The molecule has 25 heavy (non-hydrogen) atoms. The molecule has 4 rings (SSSR count). The number of halogens is 3. The minimum Gasteiger partial charge on any atom is -0.300 e. The van der Waals surface area contributed by atoms with Crippen LogP contribution in [0.25, 0.3) is 11.4 Å². The van der Waals surface area contributed by atoms with Crippen LogP contribution in [0.1, 0.15) is 50.0 Å². The summed E-state index contributed by atoms with van der Waals surface area (Å²) in [5.41, 5.74) is 0.759. The Morgan fingerprint density at radius 3 is 2.44 bits per heavy atom. The average Bonchev–Trinajstić information content (AvgIpc) is 2.90. The molecule has 2 heterocycles. The van der Waals surface area contributed by atoms with E-state index in [9.17, 15) is 18.0 Å². The molecule has 2 aromatic rings. The summed E-state index contributed by atoms with van der Waals surface area (Å²) in [5, 5.41) is 4.51. The molecule has 0 N–H and O–H groups in total. The quantitative estimate of drug-likeness (QED) is 0.833. The van der Waals surface area contributed by atoms with Crippen LogP contribution in [0, 0.1) is 11.8 Å². The fourth-order valence-electron chi connectivity index (χ4n) is 3.98. The number of pyridine rings is 1. The van der Waals surface area contributed by atoms with Gasteiger partial charge in [0, 0.05) is 30.5 Å². The minimum absolute atomic E-state index is 0.0894. The first-order valence-corrected chi connectivity index (χ1v) is 8.41. The molecule has 0 spiro atoms. The van der Waals surface area contributed by atoms with Gasteiger partial charge in [-0.15, -0.1) is 0 Å². The van der Waals surface area contributed by atoms with Crippen molar-refractivity contribution < 1.29 is 18.0 Å². The Morgan fingerprint density at radius 2 is 1.84 bits per heavy atom. The van der Waals surface area contributed by atoms with Crippen molar-refractivity contribution in [2.24, 2.45) is 11.8 Å². The van der Waals surface area contributed by atoms with E-state index in [1.807, 2.05) is 24.6 Å². The molecule has 2 saturated carbocycles. The van der Waals surface area contributed by atoms with Crippen molar-refractivity contribution in [3.05, 3.63) is 35.7 Å². The third kappa shape index (κ3) is 2.75. The zero-order valence-electron chi connectivity index (χ0n) is 13.9. The number of nitrogens with zero attached hydrogens (tertiary/aromatic N) is 3. The number of aromatic nitrogens is 3. The molecular weight excluding hydrogens is 331 g/mol. The summed E-state index contributed by atoms with van der Waals surface area (Å²) in [5.74, 6) is 1.32. The van der Waals surface area contributed by atoms with Crippen molar-refractivity contribution in [3.8, 4) is 11.4 Å². The van der Waals surface area contributed by atoms with Gasteiger partial charge in [0.2, 0.25) is 0 Å². The van der Waals surface area contributed by atoms with E-state index in [4.69, 9.17) is 0 Å². The standard InChI is InChI=1S/C18H18F3N3O/c1-9(2)24-15(17-11-6-10(25)7-12(11)17)8-14(23-24)13-4-3-5-16(22-13)18(19,20)21/h3-5,8-9,11-12,17H,6-7H2,1-2H3. The molecule has 2 aliphatic carbocycles. The number of ketones is 1. The lowest BCUT2D eigenvalue weighted by atomic mass is 10.1. The topological polar surface area (TPSA) is 47.8 Å². The van der Waals surface area contributed by atoms with Crippen molar-refractivity contribution in [1.82, 2.24) is 14.8 Å². The summed E-state index contributed by atoms with van der Waals surface area (Å²) in [6.07, 6.45) is -3.27. The second-order valence-corrected chi connectivity index (χ2v) is 7.20. The molecule has 7 heteroatoms. The van der Waals surface area contributed by atoms with Gasteiger partial charge in [0.05, 0.1) is 5.69 Å². The first-order chi connectivity index (χ1) is 11.8. The van der Waals surface area contributed by atoms with Crippen LogP contribution in [-0.4, -0.2) is 20.5 Å². The average molecular weight is 349 g/mol. The fraction of sp³-hybridized carbons (Fsp3) is 0.500. The molecule has 2 unspecified atom stereocenters. The van der Waals surface area contributed by atoms with E-state index in [0.29, 0.717) is 36.2 Å². The highest BCUT2D eigenvalue weighted by Crippen LogP contribution is 2.62. The summed E-state index contributed by atoms with van der Waals surface area (Å²) in [6, 6.07) is 5.79. The molecule has 0 aliphatic heterocycles.